The van der Waals surface area contributed by atoms with E-state index in [-0.39, 0.29) is 17.8 Å². The second-order valence-electron chi connectivity index (χ2n) is 3.71. The Morgan fingerprint density at radius 1 is 1.67 bits per heavy atom. The molecule has 0 heterocycles. The van der Waals surface area contributed by atoms with E-state index in [2.05, 4.69) is 18.7 Å². The van der Waals surface area contributed by atoms with Gasteiger partial charge in [-0.25, -0.2) is 0 Å². The molecule has 0 amide bonds. The number of hydrogen-bond donors (Lipinski definition) is 0. The van der Waals surface area contributed by atoms with Crippen molar-refractivity contribution in [3.05, 3.63) is 37.0 Å². The molecule has 0 saturated heterocycles. The van der Waals surface area contributed by atoms with Crippen molar-refractivity contribution in [2.24, 2.45) is 11.8 Å². The minimum absolute atomic E-state index is 0.0331. The monoisotopic (exact) mass is 206 g/mol. The fourth-order valence-electron chi connectivity index (χ4n) is 1.85. The fraction of sp³-hybridized carbons (Fsp3) is 0.462. The highest BCUT2D eigenvalue weighted by Gasteiger charge is 2.26. The van der Waals surface area contributed by atoms with E-state index in [0.717, 1.165) is 19.3 Å². The molecule has 1 rings (SSSR count). The van der Waals surface area contributed by atoms with Gasteiger partial charge >= 0.3 is 5.97 Å². The molecule has 0 radical (unpaired) electrons. The van der Waals surface area contributed by atoms with Gasteiger partial charge in [0.15, 0.2) is 0 Å². The lowest BCUT2D eigenvalue weighted by atomic mass is 9.84. The van der Waals surface area contributed by atoms with E-state index in [4.69, 9.17) is 4.74 Å². The van der Waals surface area contributed by atoms with Crippen LogP contribution in [0.15, 0.2) is 37.0 Å². The van der Waals surface area contributed by atoms with Crippen molar-refractivity contribution >= 4 is 5.97 Å². The van der Waals surface area contributed by atoms with Crippen molar-refractivity contribution in [3.63, 3.8) is 0 Å². The van der Waals surface area contributed by atoms with Gasteiger partial charge in [-0.2, -0.15) is 0 Å². The molecule has 0 spiro atoms. The van der Waals surface area contributed by atoms with E-state index >= 15 is 0 Å². The Balaban J connectivity index is 2.62. The molecule has 0 aliphatic heterocycles. The van der Waals surface area contributed by atoms with Crippen LogP contribution in [-0.4, -0.2) is 13.1 Å². The zero-order chi connectivity index (χ0) is 11.1. The average molecular weight is 206 g/mol. The summed E-state index contributed by atoms with van der Waals surface area (Å²) in [7, 11) is 1.45. The zero-order valence-electron chi connectivity index (χ0n) is 9.19. The molecule has 0 aromatic carbocycles. The summed E-state index contributed by atoms with van der Waals surface area (Å²) in [5, 5.41) is 0. The number of hydrogen-bond acceptors (Lipinski definition) is 2. The van der Waals surface area contributed by atoms with E-state index in [9.17, 15) is 4.79 Å². The Morgan fingerprint density at radius 2 is 2.47 bits per heavy atom. The molecule has 0 fully saturated rings. The van der Waals surface area contributed by atoms with E-state index in [1.807, 2.05) is 18.2 Å². The number of allylic oxidation sites excluding steroid dienone is 5. The van der Waals surface area contributed by atoms with Crippen LogP contribution in [0.3, 0.4) is 0 Å². The molecular weight excluding hydrogens is 188 g/mol. The van der Waals surface area contributed by atoms with Crippen LogP contribution in [0.2, 0.25) is 0 Å². The van der Waals surface area contributed by atoms with Crippen molar-refractivity contribution in [1.29, 1.82) is 0 Å². The van der Waals surface area contributed by atoms with Crippen LogP contribution in [-0.2, 0) is 9.53 Å². The molecule has 0 aromatic rings. The number of methoxy groups -OCH3 is 1. The van der Waals surface area contributed by atoms with E-state index < -0.39 is 0 Å². The Kier molecular flexibility index (Phi) is 4.88. The minimum Gasteiger partial charge on any atom is -0.469 e. The second-order valence-corrected chi connectivity index (χ2v) is 3.71. The molecular formula is C13H18O2. The van der Waals surface area contributed by atoms with Gasteiger partial charge in [0.05, 0.1) is 13.0 Å². The smallest absolute Gasteiger partial charge is 0.309 e. The molecule has 82 valence electrons. The highest BCUT2D eigenvalue weighted by molar-refractivity contribution is 5.73. The molecule has 0 N–H and O–H groups in total. The van der Waals surface area contributed by atoms with Gasteiger partial charge in [-0.1, -0.05) is 30.4 Å². The maximum absolute atomic E-state index is 11.6. The number of rotatable bonds is 5. The van der Waals surface area contributed by atoms with Gasteiger partial charge in [-0.15, -0.1) is 6.58 Å². The number of carbonyl (C=O) groups is 1. The molecule has 2 unspecified atom stereocenters. The lowest BCUT2D eigenvalue weighted by molar-refractivity contribution is -0.147. The minimum atomic E-state index is -0.109. The molecule has 1 aliphatic carbocycles. The van der Waals surface area contributed by atoms with E-state index in [0.29, 0.717) is 0 Å². The topological polar surface area (TPSA) is 26.3 Å². The fourth-order valence-corrected chi connectivity index (χ4v) is 1.85. The second kappa shape index (κ2) is 6.23. The van der Waals surface area contributed by atoms with Crippen LogP contribution in [0.25, 0.3) is 0 Å². The Labute approximate surface area is 91.3 Å². The Hall–Kier alpha value is -1.31. The van der Waals surface area contributed by atoms with Gasteiger partial charge in [0, 0.05) is 0 Å². The summed E-state index contributed by atoms with van der Waals surface area (Å²) in [5.74, 6) is 0.137. The molecule has 0 bridgehead atoms. The van der Waals surface area contributed by atoms with Gasteiger partial charge in [-0.3, -0.25) is 4.79 Å². The summed E-state index contributed by atoms with van der Waals surface area (Å²) in [6.07, 6.45) is 12.6. The van der Waals surface area contributed by atoms with Crippen molar-refractivity contribution in [2.75, 3.05) is 7.11 Å². The molecule has 2 nitrogen and oxygen atoms in total. The predicted octanol–water partition coefficient (Wildman–Crippen LogP) is 2.87. The van der Waals surface area contributed by atoms with Gasteiger partial charge < -0.3 is 4.74 Å². The number of esters is 1. The molecule has 2 heteroatoms. The highest BCUT2D eigenvalue weighted by atomic mass is 16.5. The molecule has 0 aromatic heterocycles. The lowest BCUT2D eigenvalue weighted by Gasteiger charge is -2.22. The summed E-state index contributed by atoms with van der Waals surface area (Å²) in [4.78, 5) is 11.6. The van der Waals surface area contributed by atoms with E-state index in [1.165, 1.54) is 7.11 Å². The molecule has 0 saturated carbocycles. The third-order valence-electron chi connectivity index (χ3n) is 2.72. The molecule has 15 heavy (non-hydrogen) atoms. The highest BCUT2D eigenvalue weighted by Crippen LogP contribution is 2.26. The van der Waals surface area contributed by atoms with Crippen molar-refractivity contribution < 1.29 is 9.53 Å². The standard InChI is InChI=1S/C13H18O2/c1-3-4-10-12(13(14)15-2)11-8-6-5-7-9-11/h3,5-8,11-12H,1,4,9-10H2,2H3. The largest absolute Gasteiger partial charge is 0.469 e. The van der Waals surface area contributed by atoms with Gasteiger partial charge in [0.25, 0.3) is 0 Å². The maximum Gasteiger partial charge on any atom is 0.309 e. The van der Waals surface area contributed by atoms with Gasteiger partial charge in [0.1, 0.15) is 0 Å². The van der Waals surface area contributed by atoms with Gasteiger partial charge in [0.2, 0.25) is 0 Å². The first kappa shape index (κ1) is 11.8. The van der Waals surface area contributed by atoms with Crippen LogP contribution in [0.1, 0.15) is 19.3 Å². The van der Waals surface area contributed by atoms with Crippen LogP contribution in [0.5, 0.6) is 0 Å². The van der Waals surface area contributed by atoms with Crippen molar-refractivity contribution in [1.82, 2.24) is 0 Å². The third kappa shape index (κ3) is 3.39. The normalized spacial score (nSPS) is 21.0. The average Bonchev–Trinajstić information content (AvgIpc) is 2.30. The van der Waals surface area contributed by atoms with Crippen LogP contribution >= 0.6 is 0 Å². The van der Waals surface area contributed by atoms with Crippen LogP contribution < -0.4 is 0 Å². The quantitative estimate of drug-likeness (QED) is 0.510. The van der Waals surface area contributed by atoms with E-state index in [1.54, 1.807) is 0 Å². The first-order valence-corrected chi connectivity index (χ1v) is 5.31. The van der Waals surface area contributed by atoms with Crippen molar-refractivity contribution in [2.45, 2.75) is 19.3 Å². The SMILES string of the molecule is C=CCCC(C(=O)OC)C1C=CC=CC1. The summed E-state index contributed by atoms with van der Waals surface area (Å²) >= 11 is 0. The molecule has 2 atom stereocenters. The first-order valence-electron chi connectivity index (χ1n) is 5.31. The lowest BCUT2D eigenvalue weighted by Crippen LogP contribution is -2.24. The maximum atomic E-state index is 11.6. The van der Waals surface area contributed by atoms with Crippen molar-refractivity contribution in [3.8, 4) is 0 Å². The zero-order valence-corrected chi connectivity index (χ0v) is 9.19. The Morgan fingerprint density at radius 3 is 3.00 bits per heavy atom. The summed E-state index contributed by atoms with van der Waals surface area (Å²) in [6.45, 7) is 3.68. The summed E-state index contributed by atoms with van der Waals surface area (Å²) < 4.78 is 4.83. The predicted molar refractivity (Wildman–Crippen MR) is 61.3 cm³/mol. The number of carbonyl (C=O) groups excluding carboxylic acids is 1. The third-order valence-corrected chi connectivity index (χ3v) is 2.72. The summed E-state index contributed by atoms with van der Waals surface area (Å²) in [6, 6.07) is 0. The summed E-state index contributed by atoms with van der Waals surface area (Å²) in [5.41, 5.74) is 0. The molecule has 1 aliphatic rings. The Bertz CT molecular complexity index is 276. The van der Waals surface area contributed by atoms with Gasteiger partial charge in [-0.05, 0) is 25.2 Å². The first-order chi connectivity index (χ1) is 7.29. The number of ether oxygens (including phenoxy) is 1. The van der Waals surface area contributed by atoms with Crippen LogP contribution in [0.4, 0.5) is 0 Å². The van der Waals surface area contributed by atoms with Crippen LogP contribution in [0, 0.1) is 11.8 Å².